The molecule has 1 fully saturated rings. The SMILES string of the molecule is Cc1ccc(C#CC2(F)CN(Br)C2)nc1. The van der Waals surface area contributed by atoms with Crippen molar-refractivity contribution in [2.24, 2.45) is 0 Å². The molecule has 4 heteroatoms. The monoisotopic (exact) mass is 268 g/mol. The van der Waals surface area contributed by atoms with Gasteiger partial charge in [0.1, 0.15) is 5.69 Å². The standard InChI is InChI=1S/C11H10BrFN2/c1-9-2-3-10(14-6-9)4-5-11(13)7-15(12)8-11/h2-3,6H,7-8H2,1H3. The summed E-state index contributed by atoms with van der Waals surface area (Å²) in [5.74, 6) is 5.36. The van der Waals surface area contributed by atoms with Crippen LogP contribution in [0.25, 0.3) is 0 Å². The molecule has 15 heavy (non-hydrogen) atoms. The van der Waals surface area contributed by atoms with Gasteiger partial charge in [-0.05, 0) is 24.5 Å². The molecule has 1 aliphatic rings. The van der Waals surface area contributed by atoms with Crippen LogP contribution in [-0.4, -0.2) is 27.7 Å². The Kier molecular flexibility index (Phi) is 2.76. The summed E-state index contributed by atoms with van der Waals surface area (Å²) in [5, 5.41) is 0. The fourth-order valence-corrected chi connectivity index (χ4v) is 2.09. The zero-order valence-electron chi connectivity index (χ0n) is 8.30. The van der Waals surface area contributed by atoms with E-state index in [1.54, 1.807) is 16.2 Å². The normalized spacial score (nSPS) is 18.9. The van der Waals surface area contributed by atoms with Crippen molar-refractivity contribution in [2.45, 2.75) is 12.6 Å². The number of alkyl halides is 1. The van der Waals surface area contributed by atoms with Crippen LogP contribution in [0, 0.1) is 18.8 Å². The summed E-state index contributed by atoms with van der Waals surface area (Å²) in [5.41, 5.74) is 0.312. The average molecular weight is 269 g/mol. The Balaban J connectivity index is 2.09. The summed E-state index contributed by atoms with van der Waals surface area (Å²) in [7, 11) is 0. The van der Waals surface area contributed by atoms with Crippen LogP contribution in [0.1, 0.15) is 11.3 Å². The Bertz CT molecular complexity index is 412. The maximum atomic E-state index is 13.6. The first kappa shape index (κ1) is 10.6. The third-order valence-electron chi connectivity index (χ3n) is 2.17. The summed E-state index contributed by atoms with van der Waals surface area (Å²) < 4.78 is 15.4. The van der Waals surface area contributed by atoms with E-state index in [0.29, 0.717) is 18.8 Å². The Morgan fingerprint density at radius 3 is 2.80 bits per heavy atom. The van der Waals surface area contributed by atoms with Gasteiger partial charge in [-0.15, -0.1) is 0 Å². The number of halogens is 2. The molecule has 0 radical (unpaired) electrons. The van der Waals surface area contributed by atoms with Crippen molar-refractivity contribution in [3.63, 3.8) is 0 Å². The van der Waals surface area contributed by atoms with Crippen molar-refractivity contribution in [1.29, 1.82) is 0 Å². The highest BCUT2D eigenvalue weighted by Gasteiger charge is 2.41. The molecule has 1 aromatic heterocycles. The highest BCUT2D eigenvalue weighted by molar-refractivity contribution is 9.07. The minimum atomic E-state index is -1.38. The second-order valence-electron chi connectivity index (χ2n) is 3.71. The summed E-state index contributed by atoms with van der Waals surface area (Å²) in [4.78, 5) is 4.09. The number of hydrogen-bond donors (Lipinski definition) is 0. The number of rotatable bonds is 0. The molecule has 1 aliphatic heterocycles. The third kappa shape index (κ3) is 2.55. The van der Waals surface area contributed by atoms with Gasteiger partial charge < -0.3 is 0 Å². The number of aromatic nitrogens is 1. The summed E-state index contributed by atoms with van der Waals surface area (Å²) in [6.45, 7) is 2.58. The molecule has 2 nitrogen and oxygen atoms in total. The highest BCUT2D eigenvalue weighted by atomic mass is 79.9. The van der Waals surface area contributed by atoms with E-state index in [2.05, 4.69) is 33.0 Å². The minimum absolute atomic E-state index is 0.311. The van der Waals surface area contributed by atoms with Crippen LogP contribution < -0.4 is 0 Å². The van der Waals surface area contributed by atoms with Gasteiger partial charge in [-0.25, -0.2) is 13.3 Å². The molecule has 2 rings (SSSR count). The summed E-state index contributed by atoms with van der Waals surface area (Å²) in [6, 6.07) is 3.72. The molecule has 78 valence electrons. The van der Waals surface area contributed by atoms with Crippen LogP contribution in [0.2, 0.25) is 0 Å². The predicted molar refractivity (Wildman–Crippen MR) is 60.2 cm³/mol. The maximum absolute atomic E-state index is 13.6. The Morgan fingerprint density at radius 2 is 2.27 bits per heavy atom. The second kappa shape index (κ2) is 3.92. The molecule has 0 saturated carbocycles. The molecule has 1 aromatic rings. The quantitative estimate of drug-likeness (QED) is 0.529. The molecule has 0 atom stereocenters. The molecule has 0 bridgehead atoms. The maximum Gasteiger partial charge on any atom is 0.198 e. The number of pyridine rings is 1. The van der Waals surface area contributed by atoms with Crippen LogP contribution in [0.4, 0.5) is 4.39 Å². The lowest BCUT2D eigenvalue weighted by atomic mass is 10.0. The van der Waals surface area contributed by atoms with Gasteiger partial charge in [-0.2, -0.15) is 0 Å². The van der Waals surface area contributed by atoms with E-state index in [4.69, 9.17) is 0 Å². The molecule has 0 spiro atoms. The Morgan fingerprint density at radius 1 is 1.53 bits per heavy atom. The lowest BCUT2D eigenvalue weighted by Crippen LogP contribution is -2.53. The van der Waals surface area contributed by atoms with Gasteiger partial charge in [-0.3, -0.25) is 0 Å². The Labute approximate surface area is 96.8 Å². The van der Waals surface area contributed by atoms with Gasteiger partial charge >= 0.3 is 0 Å². The van der Waals surface area contributed by atoms with Gasteiger partial charge in [0.15, 0.2) is 5.67 Å². The number of hydrogen-bond acceptors (Lipinski definition) is 2. The number of aryl methyl sites for hydroxylation is 1. The summed E-state index contributed by atoms with van der Waals surface area (Å²) >= 11 is 3.18. The second-order valence-corrected chi connectivity index (χ2v) is 4.72. The zero-order chi connectivity index (χ0) is 10.9. The van der Waals surface area contributed by atoms with Gasteiger partial charge in [-0.1, -0.05) is 12.0 Å². The van der Waals surface area contributed by atoms with E-state index >= 15 is 0 Å². The fraction of sp³-hybridized carbons (Fsp3) is 0.364. The molecular formula is C11H10BrFN2. The van der Waals surface area contributed by atoms with Crippen molar-refractivity contribution in [1.82, 2.24) is 8.91 Å². The molecule has 0 unspecified atom stereocenters. The topological polar surface area (TPSA) is 16.1 Å². The minimum Gasteiger partial charge on any atom is -0.248 e. The first-order valence-electron chi connectivity index (χ1n) is 4.63. The lowest BCUT2D eigenvalue weighted by molar-refractivity contribution is 0.0913. The molecule has 0 amide bonds. The third-order valence-corrected chi connectivity index (χ3v) is 2.67. The van der Waals surface area contributed by atoms with Gasteiger partial charge in [0.2, 0.25) is 0 Å². The van der Waals surface area contributed by atoms with E-state index in [0.717, 1.165) is 5.56 Å². The largest absolute Gasteiger partial charge is 0.248 e. The Hall–Kier alpha value is -0.920. The average Bonchev–Trinajstić information content (AvgIpc) is 2.15. The van der Waals surface area contributed by atoms with E-state index < -0.39 is 5.67 Å². The molecule has 1 saturated heterocycles. The lowest BCUT2D eigenvalue weighted by Gasteiger charge is -2.36. The van der Waals surface area contributed by atoms with Crippen LogP contribution in [0.15, 0.2) is 18.3 Å². The fourth-order valence-electron chi connectivity index (χ4n) is 1.29. The smallest absolute Gasteiger partial charge is 0.198 e. The zero-order valence-corrected chi connectivity index (χ0v) is 9.88. The molecule has 0 N–H and O–H groups in total. The van der Waals surface area contributed by atoms with Crippen LogP contribution in [0.5, 0.6) is 0 Å². The first-order chi connectivity index (χ1) is 7.07. The van der Waals surface area contributed by atoms with Crippen molar-refractivity contribution < 1.29 is 4.39 Å². The van der Waals surface area contributed by atoms with Crippen LogP contribution >= 0.6 is 16.1 Å². The first-order valence-corrected chi connectivity index (χ1v) is 5.34. The van der Waals surface area contributed by atoms with E-state index in [1.807, 2.05) is 13.0 Å². The summed E-state index contributed by atoms with van der Waals surface area (Å²) in [6.07, 6.45) is 1.73. The van der Waals surface area contributed by atoms with E-state index in [1.165, 1.54) is 0 Å². The number of nitrogens with zero attached hydrogens (tertiary/aromatic N) is 2. The predicted octanol–water partition coefficient (Wildman–Crippen LogP) is 2.08. The molecule has 0 aromatic carbocycles. The highest BCUT2D eigenvalue weighted by Crippen LogP contribution is 2.27. The van der Waals surface area contributed by atoms with Gasteiger partial charge in [0, 0.05) is 22.3 Å². The molecule has 2 heterocycles. The van der Waals surface area contributed by atoms with E-state index in [9.17, 15) is 4.39 Å². The van der Waals surface area contributed by atoms with Crippen molar-refractivity contribution in [3.05, 3.63) is 29.6 Å². The molecule has 0 aliphatic carbocycles. The van der Waals surface area contributed by atoms with Gasteiger partial charge in [0.05, 0.1) is 13.1 Å². The van der Waals surface area contributed by atoms with Crippen LogP contribution in [0.3, 0.4) is 0 Å². The van der Waals surface area contributed by atoms with Crippen molar-refractivity contribution in [2.75, 3.05) is 13.1 Å². The van der Waals surface area contributed by atoms with E-state index in [-0.39, 0.29) is 0 Å². The van der Waals surface area contributed by atoms with Crippen molar-refractivity contribution in [3.8, 4) is 11.8 Å². The molecular weight excluding hydrogens is 259 g/mol. The van der Waals surface area contributed by atoms with Crippen molar-refractivity contribution >= 4 is 16.1 Å². The van der Waals surface area contributed by atoms with Crippen LogP contribution in [-0.2, 0) is 0 Å². The van der Waals surface area contributed by atoms with Gasteiger partial charge in [0.25, 0.3) is 0 Å².